The zero-order chi connectivity index (χ0) is 43.6. The summed E-state index contributed by atoms with van der Waals surface area (Å²) in [6, 6.07) is 20.0. The van der Waals surface area contributed by atoms with Gasteiger partial charge in [0.15, 0.2) is 0 Å². The molecule has 14 heteroatoms. The first-order chi connectivity index (χ1) is 29.2. The van der Waals surface area contributed by atoms with Crippen LogP contribution in [0.1, 0.15) is 80.7 Å². The molecule has 1 aliphatic carbocycles. The Morgan fingerprint density at radius 2 is 1.02 bits per heavy atom. The Labute approximate surface area is 353 Å². The lowest BCUT2D eigenvalue weighted by Gasteiger charge is -2.46. The minimum absolute atomic E-state index is 0.000617. The zero-order valence-electron chi connectivity index (χ0n) is 34.3. The minimum atomic E-state index is -1.49. The van der Waals surface area contributed by atoms with Crippen molar-refractivity contribution in [2.45, 2.75) is 102 Å². The molecule has 2 fully saturated rings. The molecule has 2 N–H and O–H groups in total. The summed E-state index contributed by atoms with van der Waals surface area (Å²) in [5.74, 6) is -8.24. The van der Waals surface area contributed by atoms with Gasteiger partial charge in [0.25, 0.3) is 17.7 Å². The van der Waals surface area contributed by atoms with Gasteiger partial charge in [-0.25, -0.2) is 22.5 Å². The molecule has 2 aliphatic rings. The topological polar surface area (TPSA) is 119 Å². The lowest BCUT2D eigenvalue weighted by molar-refractivity contribution is -0.161. The van der Waals surface area contributed by atoms with Crippen molar-refractivity contribution in [1.29, 1.82) is 0 Å². The van der Waals surface area contributed by atoms with Crippen LogP contribution in [-0.2, 0) is 43.4 Å². The zero-order valence-corrected chi connectivity index (χ0v) is 34.3. The molecule has 0 bridgehead atoms. The first-order valence-electron chi connectivity index (χ1n) is 20.7. The van der Waals surface area contributed by atoms with Crippen molar-refractivity contribution in [1.82, 2.24) is 25.3 Å². The standard InChI is InChI=1S/C47H51F4N5O5/c1-30(52-42(57)25-33-21-36(48)27-37(49)22-33)45(59)56(46(60)31(2)53-43(58)26-34-23-38(50)28-39(51)24-34)47(61)44(35-13-7-4-8-14-35)55(40-15-9-10-16-40)41-17-19-54(20-18-41)29-32-11-5-3-6-12-32/h3-8,11-14,21-24,27-28,30-31,40-41,44H,9-10,15-20,25-26,29H2,1-2H3,(H,52,57)(H,53,58)/t30-,31-,44-/m0/s1. The van der Waals surface area contributed by atoms with Crippen molar-refractivity contribution in [3.05, 3.63) is 143 Å². The minimum Gasteiger partial charge on any atom is -0.344 e. The van der Waals surface area contributed by atoms with E-state index in [0.717, 1.165) is 69.6 Å². The van der Waals surface area contributed by atoms with Crippen LogP contribution in [0.15, 0.2) is 97.1 Å². The van der Waals surface area contributed by atoms with Gasteiger partial charge < -0.3 is 10.6 Å². The van der Waals surface area contributed by atoms with Crippen LogP contribution in [0.3, 0.4) is 0 Å². The van der Waals surface area contributed by atoms with Crippen molar-refractivity contribution >= 4 is 29.5 Å². The first-order valence-corrected chi connectivity index (χ1v) is 20.7. The van der Waals surface area contributed by atoms with E-state index in [4.69, 9.17) is 0 Å². The van der Waals surface area contributed by atoms with Crippen LogP contribution in [0.4, 0.5) is 17.6 Å². The molecule has 0 radical (unpaired) electrons. The van der Waals surface area contributed by atoms with Crippen LogP contribution in [0.25, 0.3) is 0 Å². The molecule has 6 rings (SSSR count). The van der Waals surface area contributed by atoms with E-state index in [9.17, 15) is 36.7 Å². The number of amides is 5. The monoisotopic (exact) mass is 841 g/mol. The fourth-order valence-electron chi connectivity index (χ4n) is 8.56. The third-order valence-electron chi connectivity index (χ3n) is 11.4. The number of rotatable bonds is 15. The largest absolute Gasteiger partial charge is 0.344 e. The lowest BCUT2D eigenvalue weighted by atomic mass is 9.93. The number of likely N-dealkylation sites (tertiary alicyclic amines) is 1. The smallest absolute Gasteiger partial charge is 0.258 e. The van der Waals surface area contributed by atoms with Crippen LogP contribution < -0.4 is 10.6 Å². The number of nitrogens with zero attached hydrogens (tertiary/aromatic N) is 3. The number of hydrogen-bond donors (Lipinski definition) is 2. The highest BCUT2D eigenvalue weighted by atomic mass is 19.1. The molecule has 4 aromatic carbocycles. The number of carbonyl (C=O) groups is 5. The second-order valence-electron chi connectivity index (χ2n) is 16.0. The third kappa shape index (κ3) is 12.0. The van der Waals surface area contributed by atoms with Gasteiger partial charge in [-0.1, -0.05) is 73.5 Å². The quantitative estimate of drug-likeness (QED) is 0.130. The summed E-state index contributed by atoms with van der Waals surface area (Å²) in [7, 11) is 0. The fraction of sp³-hybridized carbons (Fsp3) is 0.383. The predicted octanol–water partition coefficient (Wildman–Crippen LogP) is 6.57. The summed E-state index contributed by atoms with van der Waals surface area (Å²) in [5, 5.41) is 4.95. The van der Waals surface area contributed by atoms with Crippen molar-refractivity contribution in [3.63, 3.8) is 0 Å². The lowest BCUT2D eigenvalue weighted by Crippen LogP contribution is -2.60. The molecular formula is C47H51F4N5O5. The third-order valence-corrected chi connectivity index (χ3v) is 11.4. The van der Waals surface area contributed by atoms with E-state index in [2.05, 4.69) is 32.6 Å². The van der Waals surface area contributed by atoms with Gasteiger partial charge in [0, 0.05) is 30.8 Å². The van der Waals surface area contributed by atoms with Gasteiger partial charge in [-0.15, -0.1) is 0 Å². The van der Waals surface area contributed by atoms with Gasteiger partial charge in [0.1, 0.15) is 41.4 Å². The summed E-state index contributed by atoms with van der Waals surface area (Å²) in [4.78, 5) is 76.0. The molecular weight excluding hydrogens is 791 g/mol. The Hall–Kier alpha value is -5.73. The molecule has 61 heavy (non-hydrogen) atoms. The SMILES string of the molecule is C[C@H](NC(=O)Cc1cc(F)cc(F)c1)C(=O)N(C(=O)[C@H](C)NC(=O)Cc1cc(F)cc(F)c1)C(=O)[C@H](c1ccccc1)N(C1CCCC1)C1CCN(Cc2ccccc2)CC1. The number of hydrogen-bond acceptors (Lipinski definition) is 7. The van der Waals surface area contributed by atoms with E-state index in [0.29, 0.717) is 35.4 Å². The summed E-state index contributed by atoms with van der Waals surface area (Å²) in [6.07, 6.45) is 3.86. The normalized spacial score (nSPS) is 16.4. The maximum Gasteiger partial charge on any atom is 0.258 e. The van der Waals surface area contributed by atoms with Gasteiger partial charge in [-0.05, 0) is 99.1 Å². The summed E-state index contributed by atoms with van der Waals surface area (Å²) in [6.45, 7) is 4.84. The van der Waals surface area contributed by atoms with Crippen LogP contribution >= 0.6 is 0 Å². The molecule has 3 atom stereocenters. The van der Waals surface area contributed by atoms with E-state index in [1.165, 1.54) is 19.4 Å². The van der Waals surface area contributed by atoms with E-state index >= 15 is 4.79 Å². The Kier molecular flexibility index (Phi) is 15.2. The van der Waals surface area contributed by atoms with E-state index in [1.54, 1.807) is 30.3 Å². The molecule has 4 aromatic rings. The maximum absolute atomic E-state index is 15.4. The number of carbonyl (C=O) groups excluding carboxylic acids is 5. The van der Waals surface area contributed by atoms with Gasteiger partial charge in [-0.3, -0.25) is 33.8 Å². The van der Waals surface area contributed by atoms with Crippen LogP contribution in [0.5, 0.6) is 0 Å². The number of halogens is 4. The van der Waals surface area contributed by atoms with Crippen molar-refractivity contribution < 1.29 is 41.5 Å². The molecule has 1 saturated heterocycles. The predicted molar refractivity (Wildman–Crippen MR) is 220 cm³/mol. The molecule has 0 aromatic heterocycles. The van der Waals surface area contributed by atoms with E-state index in [1.807, 2.05) is 18.2 Å². The van der Waals surface area contributed by atoms with Crippen molar-refractivity contribution in [2.75, 3.05) is 13.1 Å². The number of benzene rings is 4. The van der Waals surface area contributed by atoms with Crippen LogP contribution in [0, 0.1) is 23.3 Å². The first kappa shape index (κ1) is 44.8. The number of imide groups is 3. The highest BCUT2D eigenvalue weighted by Gasteiger charge is 2.46. The van der Waals surface area contributed by atoms with Gasteiger partial charge in [0.2, 0.25) is 11.8 Å². The Balaban J connectivity index is 1.31. The molecule has 0 unspecified atom stereocenters. The Bertz CT molecular complexity index is 2050. The average molecular weight is 842 g/mol. The molecule has 10 nitrogen and oxygen atoms in total. The molecule has 322 valence electrons. The highest BCUT2D eigenvalue weighted by Crippen LogP contribution is 2.37. The second kappa shape index (κ2) is 20.7. The number of piperidine rings is 1. The molecule has 0 spiro atoms. The van der Waals surface area contributed by atoms with Crippen molar-refractivity contribution in [3.8, 4) is 0 Å². The van der Waals surface area contributed by atoms with E-state index in [-0.39, 0.29) is 23.2 Å². The van der Waals surface area contributed by atoms with Crippen LogP contribution in [-0.4, -0.2) is 81.5 Å². The Morgan fingerprint density at radius 3 is 1.48 bits per heavy atom. The molecule has 5 amide bonds. The van der Waals surface area contributed by atoms with Gasteiger partial charge in [0.05, 0.1) is 12.8 Å². The van der Waals surface area contributed by atoms with E-state index < -0.39 is 83.8 Å². The van der Waals surface area contributed by atoms with Crippen LogP contribution in [0.2, 0.25) is 0 Å². The maximum atomic E-state index is 15.4. The molecule has 1 heterocycles. The Morgan fingerprint density at radius 1 is 0.590 bits per heavy atom. The molecule has 1 aliphatic heterocycles. The summed E-state index contributed by atoms with van der Waals surface area (Å²) in [5.41, 5.74) is 1.73. The average Bonchev–Trinajstić information content (AvgIpc) is 3.75. The summed E-state index contributed by atoms with van der Waals surface area (Å²) >= 11 is 0. The highest BCUT2D eigenvalue weighted by molar-refractivity contribution is 6.15. The summed E-state index contributed by atoms with van der Waals surface area (Å²) < 4.78 is 55.7. The number of nitrogens with one attached hydrogen (secondary N) is 2. The fourth-order valence-corrected chi connectivity index (χ4v) is 8.56. The molecule has 1 saturated carbocycles. The van der Waals surface area contributed by atoms with Gasteiger partial charge >= 0.3 is 0 Å². The van der Waals surface area contributed by atoms with Gasteiger partial charge in [-0.2, -0.15) is 0 Å². The van der Waals surface area contributed by atoms with Crippen molar-refractivity contribution in [2.24, 2.45) is 0 Å². The second-order valence-corrected chi connectivity index (χ2v) is 16.0.